The van der Waals surface area contributed by atoms with Crippen molar-refractivity contribution in [3.8, 4) is 6.07 Å². The fraction of sp³-hybridized carbons (Fsp3) is 0.379. The first-order chi connectivity index (χ1) is 17.6. The highest BCUT2D eigenvalue weighted by Gasteiger charge is 2.54. The molecule has 37 heavy (non-hydrogen) atoms. The molecule has 8 nitrogen and oxygen atoms in total. The van der Waals surface area contributed by atoms with Crippen LogP contribution in [-0.4, -0.2) is 63.7 Å². The Morgan fingerprint density at radius 1 is 1.03 bits per heavy atom. The molecule has 2 bridgehead atoms. The number of nitrogens with zero attached hydrogens (tertiary/aromatic N) is 3. The lowest BCUT2D eigenvalue weighted by atomic mass is 9.85. The van der Waals surface area contributed by atoms with Crippen molar-refractivity contribution in [3.63, 3.8) is 0 Å². The molecule has 5 rings (SSSR count). The van der Waals surface area contributed by atoms with Gasteiger partial charge in [0.15, 0.2) is 0 Å². The zero-order chi connectivity index (χ0) is 26.5. The van der Waals surface area contributed by atoms with Gasteiger partial charge in [-0.05, 0) is 41.8 Å². The fourth-order valence-electron chi connectivity index (χ4n) is 5.59. The highest BCUT2D eigenvalue weighted by Crippen LogP contribution is 2.38. The molecule has 8 heteroatoms. The van der Waals surface area contributed by atoms with Crippen LogP contribution in [0.2, 0.25) is 0 Å². The zero-order valence-corrected chi connectivity index (χ0v) is 21.5. The third-order valence-corrected chi connectivity index (χ3v) is 7.75. The van der Waals surface area contributed by atoms with E-state index >= 15 is 0 Å². The first-order valence-corrected chi connectivity index (χ1v) is 12.6. The fourth-order valence-corrected chi connectivity index (χ4v) is 5.59. The number of aromatic amines is 1. The average molecular weight is 498 g/mol. The predicted octanol–water partition coefficient (Wildman–Crippen LogP) is 3.56. The van der Waals surface area contributed by atoms with Gasteiger partial charge in [-0.1, -0.05) is 45.9 Å². The predicted molar refractivity (Wildman–Crippen MR) is 140 cm³/mol. The highest BCUT2D eigenvalue weighted by molar-refractivity contribution is 6.00. The number of rotatable bonds is 4. The molecule has 4 atom stereocenters. The quantitative estimate of drug-likeness (QED) is 0.574. The number of carbonyl (C=O) groups is 3. The van der Waals surface area contributed by atoms with Crippen LogP contribution in [0.4, 0.5) is 0 Å². The number of likely N-dealkylation sites (tertiary alicyclic amines) is 2. The topological polar surface area (TPSA) is 109 Å². The number of hydrogen-bond acceptors (Lipinski definition) is 4. The number of nitriles is 1. The van der Waals surface area contributed by atoms with E-state index in [-0.39, 0.29) is 35.7 Å². The molecule has 2 aliphatic heterocycles. The molecule has 190 valence electrons. The van der Waals surface area contributed by atoms with E-state index < -0.39 is 11.5 Å². The number of nitrogens with one attached hydrogen (secondary N) is 2. The number of hydrogen-bond donors (Lipinski definition) is 2. The zero-order valence-electron chi connectivity index (χ0n) is 21.5. The lowest BCUT2D eigenvalue weighted by Gasteiger charge is -2.39. The Morgan fingerprint density at radius 2 is 1.68 bits per heavy atom. The van der Waals surface area contributed by atoms with Gasteiger partial charge in [-0.25, -0.2) is 0 Å². The number of aromatic nitrogens is 1. The third kappa shape index (κ3) is 4.35. The van der Waals surface area contributed by atoms with Crippen molar-refractivity contribution in [1.82, 2.24) is 20.1 Å². The maximum atomic E-state index is 13.9. The maximum Gasteiger partial charge on any atom is 0.268 e. The van der Waals surface area contributed by atoms with Crippen LogP contribution in [0, 0.1) is 22.7 Å². The van der Waals surface area contributed by atoms with Crippen LogP contribution in [0.15, 0.2) is 54.6 Å². The summed E-state index contributed by atoms with van der Waals surface area (Å²) in [6.07, 6.45) is 0. The molecule has 0 saturated carbocycles. The second-order valence-electron chi connectivity index (χ2n) is 11.2. The molecular formula is C29H31N5O3. The largest absolute Gasteiger partial charge is 0.351 e. The summed E-state index contributed by atoms with van der Waals surface area (Å²) in [4.78, 5) is 47.1. The van der Waals surface area contributed by atoms with Crippen molar-refractivity contribution in [3.05, 3.63) is 71.4 Å². The summed E-state index contributed by atoms with van der Waals surface area (Å²) >= 11 is 0. The van der Waals surface area contributed by atoms with Gasteiger partial charge in [-0.15, -0.1) is 0 Å². The number of carbonyl (C=O) groups excluding carboxylic acids is 3. The van der Waals surface area contributed by atoms with Crippen molar-refractivity contribution in [1.29, 1.82) is 5.26 Å². The van der Waals surface area contributed by atoms with Gasteiger partial charge in [0.1, 0.15) is 11.7 Å². The number of piperazine rings is 1. The number of amides is 3. The lowest BCUT2D eigenvalue weighted by molar-refractivity contribution is -0.138. The van der Waals surface area contributed by atoms with E-state index in [0.717, 1.165) is 10.9 Å². The first-order valence-electron chi connectivity index (χ1n) is 12.6. The summed E-state index contributed by atoms with van der Waals surface area (Å²) in [5, 5.41) is 12.9. The summed E-state index contributed by atoms with van der Waals surface area (Å²) in [6.45, 7) is 8.78. The molecule has 3 aromatic rings. The van der Waals surface area contributed by atoms with Crippen molar-refractivity contribution < 1.29 is 14.4 Å². The monoisotopic (exact) mass is 497 g/mol. The van der Waals surface area contributed by atoms with Crippen molar-refractivity contribution >= 4 is 28.6 Å². The van der Waals surface area contributed by atoms with E-state index in [1.807, 2.05) is 54.8 Å². The molecule has 0 aliphatic carbocycles. The Morgan fingerprint density at radius 3 is 2.27 bits per heavy atom. The average Bonchev–Trinajstić information content (AvgIpc) is 3.56. The Hall–Kier alpha value is -4.12. The van der Waals surface area contributed by atoms with Crippen molar-refractivity contribution in [2.24, 2.45) is 11.3 Å². The summed E-state index contributed by atoms with van der Waals surface area (Å²) in [7, 11) is 0. The van der Waals surface area contributed by atoms with Gasteiger partial charge in [0.2, 0.25) is 5.91 Å². The van der Waals surface area contributed by atoms with E-state index in [4.69, 9.17) is 5.26 Å². The number of fused-ring (bicyclic) bond motifs is 3. The molecule has 2 N–H and O–H groups in total. The number of benzene rings is 2. The SMILES string of the molecule is CC1C2CN(C(=O)C(NC(=O)c3cc4ccccc4[nH]3)C(C)(C)C)C1CN2C(=O)c1ccc(C#N)cc1. The second kappa shape index (κ2) is 9.07. The molecule has 3 amide bonds. The number of H-pyrrole nitrogens is 1. The van der Waals surface area contributed by atoms with Crippen LogP contribution >= 0.6 is 0 Å². The van der Waals surface area contributed by atoms with Crippen LogP contribution in [0.25, 0.3) is 10.9 Å². The Bertz CT molecular complexity index is 1380. The Balaban J connectivity index is 1.32. The first kappa shape index (κ1) is 24.6. The summed E-state index contributed by atoms with van der Waals surface area (Å²) in [5.74, 6) is -0.409. The van der Waals surface area contributed by atoms with Crippen LogP contribution in [0.3, 0.4) is 0 Å². The minimum Gasteiger partial charge on any atom is -0.351 e. The van der Waals surface area contributed by atoms with E-state index in [2.05, 4.69) is 23.3 Å². The minimum atomic E-state index is -0.722. The van der Waals surface area contributed by atoms with Crippen molar-refractivity contribution in [2.45, 2.75) is 45.8 Å². The normalized spacial score (nSPS) is 21.6. The third-order valence-electron chi connectivity index (χ3n) is 7.75. The van der Waals surface area contributed by atoms with E-state index in [1.165, 1.54) is 0 Å². The van der Waals surface area contributed by atoms with Gasteiger partial charge in [0.05, 0.1) is 23.7 Å². The van der Waals surface area contributed by atoms with Gasteiger partial charge in [0, 0.05) is 35.5 Å². The standard InChI is InChI=1S/C29H31N5O3/c1-17-23-16-34(24(17)15-33(23)27(36)19-11-9-18(14-30)10-12-19)28(37)25(29(2,3)4)32-26(35)22-13-20-7-5-6-8-21(20)31-22/h5-13,17,23-25,31H,15-16H2,1-4H3,(H,32,35). The van der Waals surface area contributed by atoms with Gasteiger partial charge < -0.3 is 20.1 Å². The van der Waals surface area contributed by atoms with Crippen molar-refractivity contribution in [2.75, 3.05) is 13.1 Å². The summed E-state index contributed by atoms with van der Waals surface area (Å²) < 4.78 is 0. The molecule has 2 saturated heterocycles. The van der Waals surface area contributed by atoms with E-state index in [9.17, 15) is 14.4 Å². The Labute approximate surface area is 216 Å². The van der Waals surface area contributed by atoms with Crippen LogP contribution in [-0.2, 0) is 4.79 Å². The molecule has 0 spiro atoms. The van der Waals surface area contributed by atoms with Crippen LogP contribution in [0.1, 0.15) is 54.1 Å². The van der Waals surface area contributed by atoms with Gasteiger partial charge >= 0.3 is 0 Å². The second-order valence-corrected chi connectivity index (χ2v) is 11.2. The molecule has 0 radical (unpaired) electrons. The molecule has 3 heterocycles. The molecular weight excluding hydrogens is 466 g/mol. The Kier molecular flexibility index (Phi) is 6.03. The van der Waals surface area contributed by atoms with E-state index in [0.29, 0.717) is 29.9 Å². The lowest BCUT2D eigenvalue weighted by Crippen LogP contribution is -2.59. The van der Waals surface area contributed by atoms with E-state index in [1.54, 1.807) is 30.3 Å². The number of para-hydroxylation sites is 1. The van der Waals surface area contributed by atoms with Gasteiger partial charge in [-0.2, -0.15) is 5.26 Å². The maximum absolute atomic E-state index is 13.9. The van der Waals surface area contributed by atoms with Gasteiger partial charge in [0.25, 0.3) is 11.8 Å². The van der Waals surface area contributed by atoms with Crippen LogP contribution < -0.4 is 5.32 Å². The summed E-state index contributed by atoms with van der Waals surface area (Å²) in [6, 6.07) is 17.2. The summed E-state index contributed by atoms with van der Waals surface area (Å²) in [5.41, 5.74) is 1.81. The molecule has 2 fully saturated rings. The smallest absolute Gasteiger partial charge is 0.268 e. The molecule has 4 unspecified atom stereocenters. The highest BCUT2D eigenvalue weighted by atomic mass is 16.2. The van der Waals surface area contributed by atoms with Crippen LogP contribution in [0.5, 0.6) is 0 Å². The minimum absolute atomic E-state index is 0.0876. The van der Waals surface area contributed by atoms with Gasteiger partial charge in [-0.3, -0.25) is 14.4 Å². The molecule has 2 aromatic carbocycles. The molecule has 2 aliphatic rings. The molecule has 1 aromatic heterocycles.